The van der Waals surface area contributed by atoms with Crippen LogP contribution in [0.3, 0.4) is 0 Å². The molecule has 0 aliphatic rings. The number of carboxylic acid groups (broad SMARTS) is 1. The first-order valence-corrected chi connectivity index (χ1v) is 7.17. The van der Waals surface area contributed by atoms with E-state index in [2.05, 4.69) is 10.6 Å². The van der Waals surface area contributed by atoms with Crippen LogP contribution >= 0.6 is 0 Å². The maximum Gasteiger partial charge on any atom is 0.341 e. The van der Waals surface area contributed by atoms with Gasteiger partial charge < -0.3 is 20.5 Å². The maximum absolute atomic E-state index is 11.7. The molecule has 0 aliphatic heterocycles. The second-order valence-electron chi connectivity index (χ2n) is 6.27. The molecule has 0 aromatic heterocycles. The lowest BCUT2D eigenvalue weighted by Crippen LogP contribution is -2.34. The van der Waals surface area contributed by atoms with E-state index in [1.807, 2.05) is 20.8 Å². The molecule has 0 saturated carbocycles. The predicted octanol–water partition coefficient (Wildman–Crippen LogP) is 1.64. The molecule has 23 heavy (non-hydrogen) atoms. The Bertz CT molecular complexity index is 561. The molecule has 0 unspecified atom stereocenters. The van der Waals surface area contributed by atoms with Gasteiger partial charge in [0.25, 0.3) is 0 Å². The van der Waals surface area contributed by atoms with Gasteiger partial charge in [0.05, 0.1) is 6.54 Å². The van der Waals surface area contributed by atoms with Crippen LogP contribution in [-0.4, -0.2) is 36.0 Å². The SMILES string of the molecule is CC(C)(C)CC(=O)NCC(=O)Nc1ccc(OCC(=O)O)cc1. The standard InChI is InChI=1S/C16H22N2O5/c1-16(2,3)8-13(19)17-9-14(20)18-11-4-6-12(7-5-11)23-10-15(21)22/h4-7H,8-10H2,1-3H3,(H,17,19)(H,18,20)(H,21,22). The number of carboxylic acids is 1. The summed E-state index contributed by atoms with van der Waals surface area (Å²) in [6.07, 6.45) is 0.343. The van der Waals surface area contributed by atoms with Crippen LogP contribution in [0, 0.1) is 5.41 Å². The molecular formula is C16H22N2O5. The summed E-state index contributed by atoms with van der Waals surface area (Å²) in [6.45, 7) is 5.31. The Morgan fingerprint density at radius 2 is 1.70 bits per heavy atom. The lowest BCUT2D eigenvalue weighted by molar-refractivity contribution is -0.139. The molecule has 2 amide bonds. The highest BCUT2D eigenvalue weighted by molar-refractivity contribution is 5.94. The van der Waals surface area contributed by atoms with Gasteiger partial charge in [-0.25, -0.2) is 4.79 Å². The normalized spacial score (nSPS) is 10.7. The number of amides is 2. The quantitative estimate of drug-likeness (QED) is 0.708. The molecule has 126 valence electrons. The molecule has 3 N–H and O–H groups in total. The van der Waals surface area contributed by atoms with Crippen molar-refractivity contribution in [3.05, 3.63) is 24.3 Å². The van der Waals surface area contributed by atoms with Crippen LogP contribution in [-0.2, 0) is 14.4 Å². The van der Waals surface area contributed by atoms with Gasteiger partial charge in [0.1, 0.15) is 5.75 Å². The van der Waals surface area contributed by atoms with Crippen LogP contribution in [0.25, 0.3) is 0 Å². The monoisotopic (exact) mass is 322 g/mol. The van der Waals surface area contributed by atoms with E-state index in [0.717, 1.165) is 0 Å². The maximum atomic E-state index is 11.7. The first-order chi connectivity index (χ1) is 10.7. The third kappa shape index (κ3) is 8.45. The lowest BCUT2D eigenvalue weighted by Gasteiger charge is -2.17. The summed E-state index contributed by atoms with van der Waals surface area (Å²) in [4.78, 5) is 33.8. The predicted molar refractivity (Wildman–Crippen MR) is 85.3 cm³/mol. The number of benzene rings is 1. The molecule has 1 aromatic carbocycles. The second-order valence-corrected chi connectivity index (χ2v) is 6.27. The van der Waals surface area contributed by atoms with Gasteiger partial charge >= 0.3 is 5.97 Å². The average Bonchev–Trinajstić information content (AvgIpc) is 2.42. The van der Waals surface area contributed by atoms with E-state index in [9.17, 15) is 14.4 Å². The van der Waals surface area contributed by atoms with Crippen molar-refractivity contribution in [2.45, 2.75) is 27.2 Å². The Kier molecular flexibility index (Phi) is 6.56. The van der Waals surface area contributed by atoms with Crippen molar-refractivity contribution >= 4 is 23.5 Å². The summed E-state index contributed by atoms with van der Waals surface area (Å²) in [5.41, 5.74) is 0.398. The van der Waals surface area contributed by atoms with Crippen molar-refractivity contribution in [2.75, 3.05) is 18.5 Å². The number of rotatable bonds is 7. The first kappa shape index (κ1) is 18.5. The van der Waals surface area contributed by atoms with Gasteiger partial charge in [-0.1, -0.05) is 20.8 Å². The minimum absolute atomic E-state index is 0.105. The minimum Gasteiger partial charge on any atom is -0.482 e. The van der Waals surface area contributed by atoms with Crippen LogP contribution in [0.5, 0.6) is 5.75 Å². The molecule has 0 heterocycles. The molecule has 7 nitrogen and oxygen atoms in total. The number of carbonyl (C=O) groups is 3. The molecule has 0 radical (unpaired) electrons. The van der Waals surface area contributed by atoms with Gasteiger partial charge in [0, 0.05) is 12.1 Å². The highest BCUT2D eigenvalue weighted by Gasteiger charge is 2.16. The van der Waals surface area contributed by atoms with Crippen molar-refractivity contribution in [1.29, 1.82) is 0 Å². The first-order valence-electron chi connectivity index (χ1n) is 7.17. The zero-order valence-electron chi connectivity index (χ0n) is 13.5. The summed E-state index contributed by atoms with van der Waals surface area (Å²) in [5.74, 6) is -1.19. The van der Waals surface area contributed by atoms with E-state index in [-0.39, 0.29) is 23.8 Å². The van der Waals surface area contributed by atoms with Crippen LogP contribution < -0.4 is 15.4 Å². The summed E-state index contributed by atoms with van der Waals surface area (Å²) in [5, 5.41) is 13.7. The van der Waals surface area contributed by atoms with E-state index < -0.39 is 12.6 Å². The molecule has 0 aliphatic carbocycles. The van der Waals surface area contributed by atoms with Crippen molar-refractivity contribution in [1.82, 2.24) is 5.32 Å². The van der Waals surface area contributed by atoms with E-state index >= 15 is 0 Å². The van der Waals surface area contributed by atoms with E-state index in [1.54, 1.807) is 24.3 Å². The van der Waals surface area contributed by atoms with Gasteiger partial charge in [-0.2, -0.15) is 0 Å². The zero-order chi connectivity index (χ0) is 17.5. The van der Waals surface area contributed by atoms with E-state index in [0.29, 0.717) is 17.9 Å². The fourth-order valence-electron chi connectivity index (χ4n) is 1.71. The summed E-state index contributed by atoms with van der Waals surface area (Å²) < 4.78 is 4.98. The summed E-state index contributed by atoms with van der Waals surface area (Å²) in [7, 11) is 0. The fraction of sp³-hybridized carbons (Fsp3) is 0.438. The molecule has 0 saturated heterocycles. The van der Waals surface area contributed by atoms with Crippen molar-refractivity contribution in [2.24, 2.45) is 5.41 Å². The third-order valence-electron chi connectivity index (χ3n) is 2.64. The third-order valence-corrected chi connectivity index (χ3v) is 2.64. The molecule has 0 atom stereocenters. The second kappa shape index (κ2) is 8.17. The minimum atomic E-state index is -1.06. The molecule has 1 aromatic rings. The van der Waals surface area contributed by atoms with Crippen LogP contribution in [0.1, 0.15) is 27.2 Å². The fourth-order valence-corrected chi connectivity index (χ4v) is 1.71. The summed E-state index contributed by atoms with van der Waals surface area (Å²) in [6, 6.07) is 6.28. The molecule has 0 spiro atoms. The Morgan fingerprint density at radius 3 is 2.22 bits per heavy atom. The van der Waals surface area contributed by atoms with E-state index in [1.165, 1.54) is 0 Å². The number of carbonyl (C=O) groups excluding carboxylic acids is 2. The molecule has 1 rings (SSSR count). The largest absolute Gasteiger partial charge is 0.482 e. The van der Waals surface area contributed by atoms with Crippen molar-refractivity contribution in [3.63, 3.8) is 0 Å². The highest BCUT2D eigenvalue weighted by atomic mass is 16.5. The molecule has 0 fully saturated rings. The number of aliphatic carboxylic acids is 1. The van der Waals surface area contributed by atoms with Gasteiger partial charge in [0.15, 0.2) is 6.61 Å². The Hall–Kier alpha value is -2.57. The molecular weight excluding hydrogens is 300 g/mol. The van der Waals surface area contributed by atoms with Crippen molar-refractivity contribution in [3.8, 4) is 5.75 Å². The molecule has 7 heteroatoms. The zero-order valence-corrected chi connectivity index (χ0v) is 13.5. The van der Waals surface area contributed by atoms with Crippen LogP contribution in [0.15, 0.2) is 24.3 Å². The average molecular weight is 322 g/mol. The smallest absolute Gasteiger partial charge is 0.341 e. The number of nitrogens with one attached hydrogen (secondary N) is 2. The van der Waals surface area contributed by atoms with Gasteiger partial charge in [0.2, 0.25) is 11.8 Å². The van der Waals surface area contributed by atoms with E-state index in [4.69, 9.17) is 9.84 Å². The Balaban J connectivity index is 2.39. The molecule has 0 bridgehead atoms. The van der Waals surface area contributed by atoms with Gasteiger partial charge in [-0.05, 0) is 29.7 Å². The highest BCUT2D eigenvalue weighted by Crippen LogP contribution is 2.18. The Morgan fingerprint density at radius 1 is 1.09 bits per heavy atom. The van der Waals surface area contributed by atoms with Crippen LogP contribution in [0.2, 0.25) is 0 Å². The number of ether oxygens (including phenoxy) is 1. The Labute approximate surface area is 135 Å². The summed E-state index contributed by atoms with van der Waals surface area (Å²) >= 11 is 0. The topological polar surface area (TPSA) is 105 Å². The number of hydrogen-bond acceptors (Lipinski definition) is 4. The van der Waals surface area contributed by atoms with Gasteiger partial charge in [-0.3, -0.25) is 9.59 Å². The lowest BCUT2D eigenvalue weighted by atomic mass is 9.92. The number of anilines is 1. The van der Waals surface area contributed by atoms with Gasteiger partial charge in [-0.15, -0.1) is 0 Å². The number of hydrogen-bond donors (Lipinski definition) is 3. The van der Waals surface area contributed by atoms with Crippen molar-refractivity contribution < 1.29 is 24.2 Å². The van der Waals surface area contributed by atoms with Crippen LogP contribution in [0.4, 0.5) is 5.69 Å².